The normalized spacial score (nSPS) is 10.4. The standard InChI is InChI=1S/C14H15ClN4O2/c1-9-6-14(21)19(17-8-9)5-4-13(20)18-12-3-2-10(16)7-11(12)15/h2-3,6-8H,4-5,16H2,1H3,(H,18,20). The second-order valence-corrected chi connectivity index (χ2v) is 5.04. The highest BCUT2D eigenvalue weighted by atomic mass is 35.5. The molecular formula is C14H15ClN4O2. The molecule has 0 saturated carbocycles. The molecule has 6 nitrogen and oxygen atoms in total. The number of aromatic nitrogens is 2. The second kappa shape index (κ2) is 6.41. The van der Waals surface area contributed by atoms with Crippen molar-refractivity contribution in [3.05, 3.63) is 51.4 Å². The van der Waals surface area contributed by atoms with Crippen LogP contribution < -0.4 is 16.6 Å². The fourth-order valence-corrected chi connectivity index (χ4v) is 1.98. The monoisotopic (exact) mass is 306 g/mol. The number of rotatable bonds is 4. The number of hydrogen-bond donors (Lipinski definition) is 2. The number of nitrogens with two attached hydrogens (primary N) is 1. The molecular weight excluding hydrogens is 292 g/mol. The van der Waals surface area contributed by atoms with Gasteiger partial charge in [0.15, 0.2) is 0 Å². The van der Waals surface area contributed by atoms with Gasteiger partial charge in [-0.25, -0.2) is 4.68 Å². The summed E-state index contributed by atoms with van der Waals surface area (Å²) in [6.45, 7) is 1.99. The lowest BCUT2D eigenvalue weighted by molar-refractivity contribution is -0.116. The van der Waals surface area contributed by atoms with Gasteiger partial charge in [-0.3, -0.25) is 9.59 Å². The van der Waals surface area contributed by atoms with Gasteiger partial charge in [0.1, 0.15) is 0 Å². The number of hydrogen-bond acceptors (Lipinski definition) is 4. The molecule has 0 unspecified atom stereocenters. The van der Waals surface area contributed by atoms with Crippen LogP contribution in [0.3, 0.4) is 0 Å². The van der Waals surface area contributed by atoms with Crippen LogP contribution in [0.4, 0.5) is 11.4 Å². The van der Waals surface area contributed by atoms with Gasteiger partial charge in [0, 0.05) is 18.2 Å². The summed E-state index contributed by atoms with van der Waals surface area (Å²) in [5.41, 5.74) is 7.14. The average Bonchev–Trinajstić information content (AvgIpc) is 2.41. The molecule has 0 spiro atoms. The first-order chi connectivity index (χ1) is 9.95. The number of carbonyl (C=O) groups is 1. The molecule has 1 aromatic heterocycles. The van der Waals surface area contributed by atoms with Gasteiger partial charge in [-0.1, -0.05) is 11.6 Å². The van der Waals surface area contributed by atoms with Gasteiger partial charge in [-0.15, -0.1) is 0 Å². The molecule has 0 saturated heterocycles. The molecule has 0 radical (unpaired) electrons. The van der Waals surface area contributed by atoms with Crippen molar-refractivity contribution in [1.82, 2.24) is 9.78 Å². The lowest BCUT2D eigenvalue weighted by atomic mass is 10.2. The molecule has 1 heterocycles. The van der Waals surface area contributed by atoms with E-state index in [4.69, 9.17) is 17.3 Å². The molecule has 1 aromatic carbocycles. The number of halogens is 1. The third kappa shape index (κ3) is 4.06. The summed E-state index contributed by atoms with van der Waals surface area (Å²) in [7, 11) is 0. The number of anilines is 2. The van der Waals surface area contributed by atoms with E-state index >= 15 is 0 Å². The maximum Gasteiger partial charge on any atom is 0.266 e. The Kier molecular flexibility index (Phi) is 4.59. The van der Waals surface area contributed by atoms with Crippen LogP contribution in [-0.4, -0.2) is 15.7 Å². The van der Waals surface area contributed by atoms with Gasteiger partial charge < -0.3 is 11.1 Å². The van der Waals surface area contributed by atoms with E-state index < -0.39 is 0 Å². The van der Waals surface area contributed by atoms with Crippen molar-refractivity contribution in [1.29, 1.82) is 0 Å². The second-order valence-electron chi connectivity index (χ2n) is 4.63. The van der Waals surface area contributed by atoms with E-state index in [0.717, 1.165) is 5.56 Å². The van der Waals surface area contributed by atoms with Crippen LogP contribution in [0.1, 0.15) is 12.0 Å². The van der Waals surface area contributed by atoms with Crippen LogP contribution in [0.15, 0.2) is 35.3 Å². The van der Waals surface area contributed by atoms with Crippen molar-refractivity contribution in [3.63, 3.8) is 0 Å². The minimum atomic E-state index is -0.254. The van der Waals surface area contributed by atoms with Crippen LogP contribution in [0.5, 0.6) is 0 Å². The first-order valence-electron chi connectivity index (χ1n) is 6.34. The third-order valence-corrected chi connectivity index (χ3v) is 3.14. The predicted octanol–water partition coefficient (Wildman–Crippen LogP) is 1.82. The number of nitrogens with one attached hydrogen (secondary N) is 1. The zero-order valence-electron chi connectivity index (χ0n) is 11.5. The van der Waals surface area contributed by atoms with Crippen LogP contribution >= 0.6 is 11.6 Å². The van der Waals surface area contributed by atoms with Crippen LogP contribution in [0, 0.1) is 6.92 Å². The predicted molar refractivity (Wildman–Crippen MR) is 82.3 cm³/mol. The zero-order valence-corrected chi connectivity index (χ0v) is 12.2. The maximum absolute atomic E-state index is 11.9. The minimum Gasteiger partial charge on any atom is -0.399 e. The summed E-state index contributed by atoms with van der Waals surface area (Å²) in [5, 5.41) is 7.01. The van der Waals surface area contributed by atoms with Gasteiger partial charge in [-0.2, -0.15) is 5.10 Å². The fraction of sp³-hybridized carbons (Fsp3) is 0.214. The van der Waals surface area contributed by atoms with Crippen LogP contribution in [0.2, 0.25) is 5.02 Å². The Labute approximate surface area is 126 Å². The van der Waals surface area contributed by atoms with E-state index in [9.17, 15) is 9.59 Å². The molecule has 7 heteroatoms. The lowest BCUT2D eigenvalue weighted by Crippen LogP contribution is -2.25. The number of aryl methyl sites for hydroxylation is 2. The Morgan fingerprint density at radius 1 is 1.43 bits per heavy atom. The number of nitrogen functional groups attached to an aromatic ring is 1. The Hall–Kier alpha value is -2.34. The van der Waals surface area contributed by atoms with E-state index in [2.05, 4.69) is 10.4 Å². The Morgan fingerprint density at radius 3 is 2.86 bits per heavy atom. The first-order valence-corrected chi connectivity index (χ1v) is 6.72. The average molecular weight is 307 g/mol. The van der Waals surface area contributed by atoms with E-state index in [1.54, 1.807) is 31.3 Å². The summed E-state index contributed by atoms with van der Waals surface area (Å²) < 4.78 is 1.25. The van der Waals surface area contributed by atoms with E-state index in [1.807, 2.05) is 0 Å². The van der Waals surface area contributed by atoms with Gasteiger partial charge >= 0.3 is 0 Å². The van der Waals surface area contributed by atoms with Gasteiger partial charge in [0.05, 0.1) is 23.5 Å². The summed E-state index contributed by atoms with van der Waals surface area (Å²) in [6, 6.07) is 6.31. The Morgan fingerprint density at radius 2 is 2.19 bits per heavy atom. The summed E-state index contributed by atoms with van der Waals surface area (Å²) in [6.07, 6.45) is 1.70. The number of benzene rings is 1. The topological polar surface area (TPSA) is 90.0 Å². The van der Waals surface area contributed by atoms with Crippen molar-refractivity contribution >= 4 is 28.9 Å². The molecule has 2 rings (SSSR count). The highest BCUT2D eigenvalue weighted by molar-refractivity contribution is 6.34. The van der Waals surface area contributed by atoms with E-state index in [1.165, 1.54) is 10.7 Å². The van der Waals surface area contributed by atoms with Crippen molar-refractivity contribution in [2.24, 2.45) is 0 Å². The molecule has 0 fully saturated rings. The number of amides is 1. The molecule has 0 atom stereocenters. The number of nitrogens with zero attached hydrogens (tertiary/aromatic N) is 2. The van der Waals surface area contributed by atoms with Gasteiger partial charge in [0.2, 0.25) is 5.91 Å². The lowest BCUT2D eigenvalue weighted by Gasteiger charge is -2.08. The maximum atomic E-state index is 11.9. The third-order valence-electron chi connectivity index (χ3n) is 2.82. The summed E-state index contributed by atoms with van der Waals surface area (Å²) >= 11 is 5.97. The molecule has 2 aromatic rings. The van der Waals surface area contributed by atoms with Crippen molar-refractivity contribution in [2.75, 3.05) is 11.1 Å². The molecule has 0 bridgehead atoms. The van der Waals surface area contributed by atoms with Crippen molar-refractivity contribution in [3.8, 4) is 0 Å². The molecule has 110 valence electrons. The van der Waals surface area contributed by atoms with Gasteiger partial charge in [0.25, 0.3) is 5.56 Å². The minimum absolute atomic E-state index is 0.122. The molecule has 0 aliphatic carbocycles. The first kappa shape index (κ1) is 15.1. The highest BCUT2D eigenvalue weighted by Gasteiger charge is 2.07. The summed E-state index contributed by atoms with van der Waals surface area (Å²) in [4.78, 5) is 23.5. The SMILES string of the molecule is Cc1cnn(CCC(=O)Nc2ccc(N)cc2Cl)c(=O)c1. The molecule has 0 aliphatic heterocycles. The van der Waals surface area contributed by atoms with E-state index in [0.29, 0.717) is 16.4 Å². The molecule has 0 aliphatic rings. The Bertz CT molecular complexity index is 727. The Balaban J connectivity index is 1.97. The van der Waals surface area contributed by atoms with Crippen molar-refractivity contribution < 1.29 is 4.79 Å². The van der Waals surface area contributed by atoms with Crippen LogP contribution in [-0.2, 0) is 11.3 Å². The molecule has 21 heavy (non-hydrogen) atoms. The molecule has 3 N–H and O–H groups in total. The van der Waals surface area contributed by atoms with Gasteiger partial charge in [-0.05, 0) is 30.7 Å². The quantitative estimate of drug-likeness (QED) is 0.843. The van der Waals surface area contributed by atoms with E-state index in [-0.39, 0.29) is 24.4 Å². The molecule has 1 amide bonds. The largest absolute Gasteiger partial charge is 0.399 e. The highest BCUT2D eigenvalue weighted by Crippen LogP contribution is 2.24. The fourth-order valence-electron chi connectivity index (χ4n) is 1.75. The smallest absolute Gasteiger partial charge is 0.266 e. The summed E-state index contributed by atoms with van der Waals surface area (Å²) in [5.74, 6) is -0.254. The van der Waals surface area contributed by atoms with Crippen LogP contribution in [0.25, 0.3) is 0 Å². The van der Waals surface area contributed by atoms with Crippen molar-refractivity contribution in [2.45, 2.75) is 19.9 Å². The zero-order chi connectivity index (χ0) is 15.4. The number of carbonyl (C=O) groups excluding carboxylic acids is 1.